The minimum absolute atomic E-state index is 0.196. The molecule has 3 rings (SSSR count). The molecule has 6 nitrogen and oxygen atoms in total. The van der Waals surface area contributed by atoms with E-state index in [1.807, 2.05) is 6.92 Å². The second-order valence-electron chi connectivity index (χ2n) is 5.84. The highest BCUT2D eigenvalue weighted by molar-refractivity contribution is 5.96. The van der Waals surface area contributed by atoms with E-state index in [4.69, 9.17) is 5.11 Å². The van der Waals surface area contributed by atoms with Crippen molar-refractivity contribution in [3.05, 3.63) is 58.9 Å². The van der Waals surface area contributed by atoms with E-state index in [1.165, 1.54) is 12.1 Å². The maximum absolute atomic E-state index is 14.0. The molecule has 0 aliphatic heterocycles. The van der Waals surface area contributed by atoms with Crippen molar-refractivity contribution in [1.29, 1.82) is 0 Å². The Morgan fingerprint density at radius 3 is 2.67 bits per heavy atom. The number of halogens is 1. The lowest BCUT2D eigenvalue weighted by Crippen LogP contribution is -2.32. The van der Waals surface area contributed by atoms with E-state index < -0.39 is 17.7 Å². The van der Waals surface area contributed by atoms with Crippen molar-refractivity contribution in [1.82, 2.24) is 15.3 Å². The maximum Gasteiger partial charge on any atom is 0.335 e. The summed E-state index contributed by atoms with van der Waals surface area (Å²) in [5.41, 5.74) is 0.389. The first kappa shape index (κ1) is 16.0. The summed E-state index contributed by atoms with van der Waals surface area (Å²) in [4.78, 5) is 31.8. The fourth-order valence-corrected chi connectivity index (χ4v) is 2.49. The largest absolute Gasteiger partial charge is 0.478 e. The van der Waals surface area contributed by atoms with Crippen LogP contribution in [-0.2, 0) is 0 Å². The first-order valence-electron chi connectivity index (χ1n) is 7.59. The average molecular weight is 329 g/mol. The third-order valence-corrected chi connectivity index (χ3v) is 3.93. The van der Waals surface area contributed by atoms with E-state index in [9.17, 15) is 14.0 Å². The Morgan fingerprint density at radius 1 is 1.33 bits per heavy atom. The van der Waals surface area contributed by atoms with Gasteiger partial charge in [-0.05, 0) is 49.9 Å². The van der Waals surface area contributed by atoms with Gasteiger partial charge in [0.05, 0.1) is 17.2 Å². The molecular weight excluding hydrogens is 313 g/mol. The van der Waals surface area contributed by atoms with Crippen molar-refractivity contribution in [2.45, 2.75) is 25.8 Å². The highest BCUT2D eigenvalue weighted by Gasteiger charge is 2.35. The molecule has 1 aliphatic carbocycles. The van der Waals surface area contributed by atoms with Gasteiger partial charge in [0.25, 0.3) is 5.91 Å². The minimum Gasteiger partial charge on any atom is -0.478 e. The molecule has 1 atom stereocenters. The Kier molecular flexibility index (Phi) is 4.24. The molecule has 1 aromatic heterocycles. The number of carbonyl (C=O) groups excluding carboxylic acids is 1. The number of aryl methyl sites for hydroxylation is 1. The number of hydrogen-bond acceptors (Lipinski definition) is 4. The predicted octanol–water partition coefficient (Wildman–Crippen LogP) is 2.50. The van der Waals surface area contributed by atoms with Crippen LogP contribution in [-0.4, -0.2) is 27.0 Å². The quantitative estimate of drug-likeness (QED) is 0.879. The van der Waals surface area contributed by atoms with Crippen LogP contribution in [0.4, 0.5) is 4.39 Å². The zero-order valence-electron chi connectivity index (χ0n) is 13.0. The molecule has 1 aliphatic rings. The number of amides is 1. The number of aromatic nitrogens is 2. The van der Waals surface area contributed by atoms with Gasteiger partial charge in [0.2, 0.25) is 0 Å². The van der Waals surface area contributed by atoms with Gasteiger partial charge in [-0.25, -0.2) is 19.2 Å². The van der Waals surface area contributed by atoms with E-state index in [0.29, 0.717) is 5.82 Å². The van der Waals surface area contributed by atoms with Crippen LogP contribution >= 0.6 is 0 Å². The summed E-state index contributed by atoms with van der Waals surface area (Å²) in [6, 6.07) is 4.60. The van der Waals surface area contributed by atoms with Gasteiger partial charge in [-0.15, -0.1) is 0 Å². The standard InChI is InChI=1S/C17H16FN3O3/c1-9-6-7-19-15(20-9)14(10-2-3-10)21-16(22)12-5-4-11(17(23)24)8-13(12)18/h4-8,10,14H,2-3H2,1H3,(H,21,22)(H,23,24). The van der Waals surface area contributed by atoms with Crippen molar-refractivity contribution in [2.75, 3.05) is 0 Å². The summed E-state index contributed by atoms with van der Waals surface area (Å²) in [5, 5.41) is 11.6. The van der Waals surface area contributed by atoms with Gasteiger partial charge in [-0.2, -0.15) is 0 Å². The molecule has 2 N–H and O–H groups in total. The Bertz CT molecular complexity index is 805. The van der Waals surface area contributed by atoms with E-state index in [2.05, 4.69) is 15.3 Å². The highest BCUT2D eigenvalue weighted by Crippen LogP contribution is 2.40. The van der Waals surface area contributed by atoms with E-state index in [-0.39, 0.29) is 23.1 Å². The number of benzene rings is 1. The monoisotopic (exact) mass is 329 g/mol. The molecule has 0 spiro atoms. The third-order valence-electron chi connectivity index (χ3n) is 3.93. The SMILES string of the molecule is Cc1ccnc(C(NC(=O)c2ccc(C(=O)O)cc2F)C2CC2)n1. The van der Waals surface area contributed by atoms with E-state index in [1.54, 1.807) is 12.3 Å². The maximum atomic E-state index is 14.0. The van der Waals surface area contributed by atoms with Crippen LogP contribution in [0.25, 0.3) is 0 Å². The molecule has 1 fully saturated rings. The Morgan fingerprint density at radius 2 is 2.08 bits per heavy atom. The van der Waals surface area contributed by atoms with Crippen LogP contribution in [0.2, 0.25) is 0 Å². The number of carbonyl (C=O) groups is 2. The molecule has 1 saturated carbocycles. The summed E-state index contributed by atoms with van der Waals surface area (Å²) in [6.07, 6.45) is 3.52. The van der Waals surface area contributed by atoms with Crippen molar-refractivity contribution >= 4 is 11.9 Å². The lowest BCUT2D eigenvalue weighted by Gasteiger charge is -2.17. The summed E-state index contributed by atoms with van der Waals surface area (Å²) >= 11 is 0. The van der Waals surface area contributed by atoms with Crippen LogP contribution in [0.5, 0.6) is 0 Å². The second-order valence-corrected chi connectivity index (χ2v) is 5.84. The van der Waals surface area contributed by atoms with Gasteiger partial charge in [0, 0.05) is 11.9 Å². The van der Waals surface area contributed by atoms with Crippen molar-refractivity contribution in [3.8, 4) is 0 Å². The van der Waals surface area contributed by atoms with Crippen LogP contribution in [0.3, 0.4) is 0 Å². The summed E-state index contributed by atoms with van der Waals surface area (Å²) in [7, 11) is 0. The molecule has 0 radical (unpaired) electrons. The molecular formula is C17H16FN3O3. The molecule has 0 bridgehead atoms. The molecule has 24 heavy (non-hydrogen) atoms. The smallest absolute Gasteiger partial charge is 0.335 e. The van der Waals surface area contributed by atoms with Crippen molar-refractivity contribution in [3.63, 3.8) is 0 Å². The van der Waals surface area contributed by atoms with Crippen LogP contribution < -0.4 is 5.32 Å². The molecule has 1 heterocycles. The molecule has 1 amide bonds. The average Bonchev–Trinajstić information content (AvgIpc) is 3.36. The fourth-order valence-electron chi connectivity index (χ4n) is 2.49. The first-order chi connectivity index (χ1) is 11.5. The molecule has 7 heteroatoms. The first-order valence-corrected chi connectivity index (χ1v) is 7.59. The highest BCUT2D eigenvalue weighted by atomic mass is 19.1. The summed E-state index contributed by atoms with van der Waals surface area (Å²) < 4.78 is 14.0. The number of aromatic carboxylic acids is 1. The Balaban J connectivity index is 1.83. The number of hydrogen-bond donors (Lipinski definition) is 2. The van der Waals surface area contributed by atoms with Crippen molar-refractivity contribution < 1.29 is 19.1 Å². The second kappa shape index (κ2) is 6.35. The number of rotatable bonds is 5. The number of carboxylic acid groups (broad SMARTS) is 1. The van der Waals surface area contributed by atoms with Gasteiger partial charge in [0.1, 0.15) is 5.82 Å². The Labute approximate surface area is 137 Å². The topological polar surface area (TPSA) is 92.2 Å². The van der Waals surface area contributed by atoms with E-state index >= 15 is 0 Å². The minimum atomic E-state index is -1.25. The van der Waals surface area contributed by atoms with Gasteiger partial charge < -0.3 is 10.4 Å². The third kappa shape index (κ3) is 3.40. The molecule has 124 valence electrons. The summed E-state index contributed by atoms with van der Waals surface area (Å²) in [5.74, 6) is -1.98. The van der Waals surface area contributed by atoms with Crippen molar-refractivity contribution in [2.24, 2.45) is 5.92 Å². The Hall–Kier alpha value is -2.83. The van der Waals surface area contributed by atoms with Crippen LogP contribution in [0.15, 0.2) is 30.5 Å². The molecule has 0 saturated heterocycles. The number of nitrogens with zero attached hydrogens (tertiary/aromatic N) is 2. The molecule has 1 unspecified atom stereocenters. The predicted molar refractivity (Wildman–Crippen MR) is 83.1 cm³/mol. The van der Waals surface area contributed by atoms with Gasteiger partial charge >= 0.3 is 5.97 Å². The lowest BCUT2D eigenvalue weighted by molar-refractivity contribution is 0.0695. The zero-order chi connectivity index (χ0) is 17.3. The number of nitrogens with one attached hydrogen (secondary N) is 1. The van der Waals surface area contributed by atoms with Gasteiger partial charge in [0.15, 0.2) is 5.82 Å². The van der Waals surface area contributed by atoms with Crippen LogP contribution in [0.1, 0.15) is 51.1 Å². The zero-order valence-corrected chi connectivity index (χ0v) is 13.0. The molecule has 1 aromatic carbocycles. The van der Waals surface area contributed by atoms with Gasteiger partial charge in [-0.1, -0.05) is 0 Å². The normalized spacial score (nSPS) is 14.9. The lowest BCUT2D eigenvalue weighted by atomic mass is 10.1. The van der Waals surface area contributed by atoms with Crippen LogP contribution in [0, 0.1) is 18.7 Å². The van der Waals surface area contributed by atoms with Gasteiger partial charge in [-0.3, -0.25) is 4.79 Å². The molecule has 2 aromatic rings. The summed E-state index contributed by atoms with van der Waals surface area (Å²) in [6.45, 7) is 1.83. The number of carboxylic acids is 1. The fraction of sp³-hybridized carbons (Fsp3) is 0.294. The van der Waals surface area contributed by atoms with E-state index in [0.717, 1.165) is 24.6 Å².